The number of hydrogen-bond acceptors (Lipinski definition) is 2. The molecule has 1 rings (SSSR count). The molecule has 0 saturated carbocycles. The molecule has 1 unspecified atom stereocenters. The average Bonchev–Trinajstić information content (AvgIpc) is 2.44. The Labute approximate surface area is 132 Å². The summed E-state index contributed by atoms with van der Waals surface area (Å²) in [5.74, 6) is 0. The van der Waals surface area contributed by atoms with Gasteiger partial charge in [0.1, 0.15) is 0 Å². The Kier molecular flexibility index (Phi) is 7.78. The minimum Gasteiger partial charge on any atom is -0.379 e. The molecule has 0 fully saturated rings. The number of halogens is 1. The maximum Gasteiger partial charge on any atom is 0.0623 e. The van der Waals surface area contributed by atoms with Crippen LogP contribution in [0.15, 0.2) is 28.7 Å². The molecule has 1 N–H and O–H groups in total. The number of rotatable bonds is 9. The molecule has 114 valence electrons. The van der Waals surface area contributed by atoms with E-state index in [1.165, 1.54) is 16.5 Å². The molecule has 0 bridgehead atoms. The molecule has 0 radical (unpaired) electrons. The van der Waals surface area contributed by atoms with Crippen molar-refractivity contribution >= 4 is 15.9 Å². The van der Waals surface area contributed by atoms with Crippen molar-refractivity contribution in [3.05, 3.63) is 34.3 Å². The van der Waals surface area contributed by atoms with Crippen molar-refractivity contribution in [1.29, 1.82) is 0 Å². The predicted molar refractivity (Wildman–Crippen MR) is 90.2 cm³/mol. The summed E-state index contributed by atoms with van der Waals surface area (Å²) in [6, 6.07) is 8.99. The van der Waals surface area contributed by atoms with E-state index < -0.39 is 0 Å². The third-order valence-corrected chi connectivity index (χ3v) is 4.53. The SMILES string of the molecule is CCCNC(CCC(C)(C)OC)Cc1ccccc1Br. The molecule has 0 aliphatic carbocycles. The highest BCUT2D eigenvalue weighted by Crippen LogP contribution is 2.21. The largest absolute Gasteiger partial charge is 0.379 e. The number of ether oxygens (including phenoxy) is 1. The van der Waals surface area contributed by atoms with Crippen molar-refractivity contribution in [2.75, 3.05) is 13.7 Å². The highest BCUT2D eigenvalue weighted by molar-refractivity contribution is 9.10. The zero-order valence-electron chi connectivity index (χ0n) is 13.2. The highest BCUT2D eigenvalue weighted by atomic mass is 79.9. The van der Waals surface area contributed by atoms with E-state index in [-0.39, 0.29) is 5.60 Å². The molecule has 0 saturated heterocycles. The first kappa shape index (κ1) is 17.7. The lowest BCUT2D eigenvalue weighted by atomic mass is 9.95. The van der Waals surface area contributed by atoms with Crippen LogP contribution in [0.1, 0.15) is 45.6 Å². The first-order valence-electron chi connectivity index (χ1n) is 7.50. The van der Waals surface area contributed by atoms with Gasteiger partial charge >= 0.3 is 0 Å². The zero-order chi connectivity index (χ0) is 15.0. The molecule has 0 aliphatic rings. The molecule has 20 heavy (non-hydrogen) atoms. The fourth-order valence-electron chi connectivity index (χ4n) is 2.18. The van der Waals surface area contributed by atoms with E-state index in [2.05, 4.69) is 66.3 Å². The molecule has 2 nitrogen and oxygen atoms in total. The minimum absolute atomic E-state index is 0.0416. The van der Waals surface area contributed by atoms with Crippen molar-refractivity contribution in [3.63, 3.8) is 0 Å². The van der Waals surface area contributed by atoms with Crippen molar-refractivity contribution in [2.24, 2.45) is 0 Å². The standard InChI is InChI=1S/C17H28BrNO/c1-5-12-19-15(10-11-17(2,3)20-4)13-14-8-6-7-9-16(14)18/h6-9,15,19H,5,10-13H2,1-4H3. The summed E-state index contributed by atoms with van der Waals surface area (Å²) in [6.45, 7) is 7.59. The molecule has 0 spiro atoms. The first-order valence-corrected chi connectivity index (χ1v) is 8.29. The second kappa shape index (κ2) is 8.81. The number of hydrogen-bond donors (Lipinski definition) is 1. The van der Waals surface area contributed by atoms with Gasteiger partial charge in [0.05, 0.1) is 5.60 Å². The van der Waals surface area contributed by atoms with Crippen molar-refractivity contribution in [1.82, 2.24) is 5.32 Å². The van der Waals surface area contributed by atoms with Gasteiger partial charge in [0.25, 0.3) is 0 Å². The van der Waals surface area contributed by atoms with Crippen LogP contribution in [0.5, 0.6) is 0 Å². The summed E-state index contributed by atoms with van der Waals surface area (Å²) in [5.41, 5.74) is 1.33. The Bertz CT molecular complexity index is 392. The highest BCUT2D eigenvalue weighted by Gasteiger charge is 2.19. The van der Waals surface area contributed by atoms with Gasteiger partial charge in [-0.05, 0) is 57.7 Å². The maximum absolute atomic E-state index is 5.53. The summed E-state index contributed by atoms with van der Waals surface area (Å²) >= 11 is 3.64. The Morgan fingerprint density at radius 3 is 2.60 bits per heavy atom. The molecular formula is C17H28BrNO. The molecule has 0 heterocycles. The predicted octanol–water partition coefficient (Wildman–Crippen LogP) is 4.57. The lowest BCUT2D eigenvalue weighted by Crippen LogP contribution is -2.34. The molecule has 1 aromatic carbocycles. The van der Waals surface area contributed by atoms with E-state index in [0.29, 0.717) is 6.04 Å². The number of methoxy groups -OCH3 is 1. The quantitative estimate of drug-likeness (QED) is 0.710. The van der Waals surface area contributed by atoms with Gasteiger partial charge in [-0.25, -0.2) is 0 Å². The van der Waals surface area contributed by atoms with E-state index in [1.807, 2.05) is 0 Å². The van der Waals surface area contributed by atoms with Crippen molar-refractivity contribution in [2.45, 2.75) is 58.1 Å². The van der Waals surface area contributed by atoms with Gasteiger partial charge in [-0.2, -0.15) is 0 Å². The number of nitrogens with one attached hydrogen (secondary N) is 1. The maximum atomic E-state index is 5.53. The number of benzene rings is 1. The van der Waals surface area contributed by atoms with E-state index in [4.69, 9.17) is 4.74 Å². The molecular weight excluding hydrogens is 314 g/mol. The third-order valence-electron chi connectivity index (χ3n) is 3.75. The molecule has 0 amide bonds. The third kappa shape index (κ3) is 6.38. The summed E-state index contributed by atoms with van der Waals surface area (Å²) in [7, 11) is 1.79. The van der Waals surface area contributed by atoms with Gasteiger partial charge in [-0.15, -0.1) is 0 Å². The molecule has 0 aliphatic heterocycles. The fraction of sp³-hybridized carbons (Fsp3) is 0.647. The van der Waals surface area contributed by atoms with Crippen LogP contribution in [-0.4, -0.2) is 25.3 Å². The van der Waals surface area contributed by atoms with Crippen LogP contribution in [0.25, 0.3) is 0 Å². The van der Waals surface area contributed by atoms with Crippen LogP contribution in [0.2, 0.25) is 0 Å². The van der Waals surface area contributed by atoms with Gasteiger partial charge in [-0.1, -0.05) is 41.1 Å². The van der Waals surface area contributed by atoms with Crippen LogP contribution >= 0.6 is 15.9 Å². The monoisotopic (exact) mass is 341 g/mol. The van der Waals surface area contributed by atoms with Gasteiger partial charge < -0.3 is 10.1 Å². The zero-order valence-corrected chi connectivity index (χ0v) is 14.8. The average molecular weight is 342 g/mol. The second-order valence-corrected chi connectivity index (χ2v) is 6.80. The van der Waals surface area contributed by atoms with Gasteiger partial charge in [0.2, 0.25) is 0 Å². The lowest BCUT2D eigenvalue weighted by molar-refractivity contribution is 0.0117. The van der Waals surface area contributed by atoms with Crippen LogP contribution in [-0.2, 0) is 11.2 Å². The summed E-state index contributed by atoms with van der Waals surface area (Å²) < 4.78 is 6.73. The molecule has 3 heteroatoms. The van der Waals surface area contributed by atoms with Crippen LogP contribution in [0.3, 0.4) is 0 Å². The lowest BCUT2D eigenvalue weighted by Gasteiger charge is -2.27. The molecule has 0 aromatic heterocycles. The van der Waals surface area contributed by atoms with Gasteiger partial charge in [0, 0.05) is 17.6 Å². The Morgan fingerprint density at radius 2 is 2.00 bits per heavy atom. The van der Waals surface area contributed by atoms with Crippen LogP contribution in [0, 0.1) is 0 Å². The Morgan fingerprint density at radius 1 is 1.30 bits per heavy atom. The van der Waals surface area contributed by atoms with Gasteiger partial charge in [0.15, 0.2) is 0 Å². The minimum atomic E-state index is -0.0416. The van der Waals surface area contributed by atoms with Gasteiger partial charge in [-0.3, -0.25) is 0 Å². The fourth-order valence-corrected chi connectivity index (χ4v) is 2.62. The molecule has 1 atom stereocenters. The van der Waals surface area contributed by atoms with Crippen LogP contribution in [0.4, 0.5) is 0 Å². The smallest absolute Gasteiger partial charge is 0.0623 e. The van der Waals surface area contributed by atoms with Crippen molar-refractivity contribution < 1.29 is 4.74 Å². The molecule has 1 aromatic rings. The Hall–Kier alpha value is -0.380. The summed E-state index contributed by atoms with van der Waals surface area (Å²) in [4.78, 5) is 0. The van der Waals surface area contributed by atoms with E-state index in [9.17, 15) is 0 Å². The van der Waals surface area contributed by atoms with E-state index in [0.717, 1.165) is 25.8 Å². The summed E-state index contributed by atoms with van der Waals surface area (Å²) in [5, 5.41) is 3.67. The Balaban J connectivity index is 2.62. The van der Waals surface area contributed by atoms with Crippen molar-refractivity contribution in [3.8, 4) is 0 Å². The topological polar surface area (TPSA) is 21.3 Å². The normalized spacial score (nSPS) is 13.4. The first-order chi connectivity index (χ1) is 9.48. The van der Waals surface area contributed by atoms with Crippen LogP contribution < -0.4 is 5.32 Å². The summed E-state index contributed by atoms with van der Waals surface area (Å²) in [6.07, 6.45) is 4.42. The second-order valence-electron chi connectivity index (χ2n) is 5.95. The van der Waals surface area contributed by atoms with E-state index in [1.54, 1.807) is 7.11 Å². The van der Waals surface area contributed by atoms with E-state index >= 15 is 0 Å².